The summed E-state index contributed by atoms with van der Waals surface area (Å²) < 4.78 is 41.5. The molecule has 0 aliphatic heterocycles. The highest BCUT2D eigenvalue weighted by molar-refractivity contribution is 4.80. The molecule has 0 radical (unpaired) electrons. The van der Waals surface area contributed by atoms with Gasteiger partial charge in [0.25, 0.3) is 0 Å². The predicted octanol–water partition coefficient (Wildman–Crippen LogP) is 3.27. The normalized spacial score (nSPS) is 26.8. The topological polar surface area (TPSA) is 21.3 Å². The van der Waals surface area contributed by atoms with E-state index >= 15 is 0 Å². The zero-order valence-electron chi connectivity index (χ0n) is 10.4. The van der Waals surface area contributed by atoms with Crippen molar-refractivity contribution in [1.82, 2.24) is 5.32 Å². The molecule has 2 atom stereocenters. The molecule has 0 saturated heterocycles. The van der Waals surface area contributed by atoms with Crippen molar-refractivity contribution in [2.75, 3.05) is 13.2 Å². The van der Waals surface area contributed by atoms with Crippen LogP contribution in [0.4, 0.5) is 13.2 Å². The Bertz CT molecular complexity index is 208. The van der Waals surface area contributed by atoms with Crippen LogP contribution in [0.2, 0.25) is 0 Å². The van der Waals surface area contributed by atoms with Gasteiger partial charge in [-0.1, -0.05) is 26.2 Å². The Kier molecular flexibility index (Phi) is 6.27. The Morgan fingerprint density at radius 3 is 2.53 bits per heavy atom. The third-order valence-corrected chi connectivity index (χ3v) is 3.14. The van der Waals surface area contributed by atoms with Crippen LogP contribution in [0.3, 0.4) is 0 Å². The Hall–Kier alpha value is -0.290. The van der Waals surface area contributed by atoms with Crippen LogP contribution in [-0.2, 0) is 4.74 Å². The maximum absolute atomic E-state index is 12.0. The summed E-state index contributed by atoms with van der Waals surface area (Å²) in [6.45, 7) is 2.64. The van der Waals surface area contributed by atoms with Crippen molar-refractivity contribution in [2.45, 2.75) is 63.8 Å². The fraction of sp³-hybridized carbons (Fsp3) is 1.00. The molecule has 1 aliphatic carbocycles. The Morgan fingerprint density at radius 1 is 1.18 bits per heavy atom. The fourth-order valence-electron chi connectivity index (χ4n) is 2.29. The second-order valence-corrected chi connectivity index (χ2v) is 4.58. The van der Waals surface area contributed by atoms with Gasteiger partial charge in [-0.25, -0.2) is 0 Å². The summed E-state index contributed by atoms with van der Waals surface area (Å²) in [6.07, 6.45) is 0.205. The number of hydrogen-bond acceptors (Lipinski definition) is 2. The van der Waals surface area contributed by atoms with Crippen LogP contribution in [0.15, 0.2) is 0 Å². The van der Waals surface area contributed by atoms with E-state index in [9.17, 15) is 13.2 Å². The summed E-state index contributed by atoms with van der Waals surface area (Å²) in [4.78, 5) is 0. The summed E-state index contributed by atoms with van der Waals surface area (Å²) in [6, 6.07) is 0.218. The first-order valence-corrected chi connectivity index (χ1v) is 6.44. The Labute approximate surface area is 101 Å². The van der Waals surface area contributed by atoms with Crippen LogP contribution in [0.5, 0.6) is 0 Å². The molecule has 102 valence electrons. The van der Waals surface area contributed by atoms with Gasteiger partial charge < -0.3 is 10.1 Å². The van der Waals surface area contributed by atoms with E-state index in [0.29, 0.717) is 0 Å². The number of halogens is 3. The van der Waals surface area contributed by atoms with Gasteiger partial charge in [0.1, 0.15) is 0 Å². The van der Waals surface area contributed by atoms with Crippen molar-refractivity contribution in [3.05, 3.63) is 0 Å². The van der Waals surface area contributed by atoms with Gasteiger partial charge in [-0.3, -0.25) is 0 Å². The smallest absolute Gasteiger partial charge is 0.376 e. The molecule has 5 heteroatoms. The van der Waals surface area contributed by atoms with Crippen molar-refractivity contribution in [1.29, 1.82) is 0 Å². The summed E-state index contributed by atoms with van der Waals surface area (Å²) in [5, 5.41) is 3.32. The number of nitrogens with one attached hydrogen (secondary N) is 1. The van der Waals surface area contributed by atoms with Gasteiger partial charge in [0.05, 0.1) is 19.1 Å². The van der Waals surface area contributed by atoms with Crippen LogP contribution in [-0.4, -0.2) is 31.5 Å². The lowest BCUT2D eigenvalue weighted by molar-refractivity contribution is -0.150. The second-order valence-electron chi connectivity index (χ2n) is 4.58. The van der Waals surface area contributed by atoms with Gasteiger partial charge in [-0.2, -0.15) is 13.2 Å². The molecule has 1 aliphatic rings. The molecular formula is C12H22F3NO. The molecule has 2 nitrogen and oxygen atoms in total. The molecule has 1 fully saturated rings. The molecular weight excluding hydrogens is 231 g/mol. The van der Waals surface area contributed by atoms with Gasteiger partial charge in [0, 0.05) is 6.04 Å². The number of alkyl halides is 3. The molecule has 0 amide bonds. The van der Waals surface area contributed by atoms with E-state index in [2.05, 4.69) is 5.32 Å². The van der Waals surface area contributed by atoms with E-state index in [1.54, 1.807) is 0 Å². The lowest BCUT2D eigenvalue weighted by Crippen LogP contribution is -2.41. The average molecular weight is 253 g/mol. The predicted molar refractivity (Wildman–Crippen MR) is 61.0 cm³/mol. The lowest BCUT2D eigenvalue weighted by Gasteiger charge is -2.26. The minimum Gasteiger partial charge on any atom is -0.376 e. The lowest BCUT2D eigenvalue weighted by atomic mass is 10.1. The SMILES string of the molecule is CCNC1CCCCCC1OCCC(F)(F)F. The Morgan fingerprint density at radius 2 is 1.88 bits per heavy atom. The molecule has 17 heavy (non-hydrogen) atoms. The quantitative estimate of drug-likeness (QED) is 0.759. The van der Waals surface area contributed by atoms with E-state index in [-0.39, 0.29) is 18.8 Å². The van der Waals surface area contributed by atoms with Crippen LogP contribution < -0.4 is 5.32 Å². The highest BCUT2D eigenvalue weighted by Gasteiger charge is 2.29. The number of likely N-dealkylation sites (N-methyl/N-ethyl adjacent to an activating group) is 1. The van der Waals surface area contributed by atoms with Crippen LogP contribution in [0, 0.1) is 0 Å². The maximum atomic E-state index is 12.0. The van der Waals surface area contributed by atoms with Crippen LogP contribution in [0.1, 0.15) is 45.4 Å². The zero-order chi connectivity index (χ0) is 12.7. The fourth-order valence-corrected chi connectivity index (χ4v) is 2.29. The minimum absolute atomic E-state index is 0.0557. The van der Waals surface area contributed by atoms with E-state index in [1.165, 1.54) is 0 Å². The first-order chi connectivity index (χ1) is 8.03. The molecule has 0 heterocycles. The van der Waals surface area contributed by atoms with Gasteiger partial charge in [-0.15, -0.1) is 0 Å². The van der Waals surface area contributed by atoms with E-state index in [1.807, 2.05) is 6.92 Å². The highest BCUT2D eigenvalue weighted by atomic mass is 19.4. The van der Waals surface area contributed by atoms with Crippen LogP contribution in [0.25, 0.3) is 0 Å². The van der Waals surface area contributed by atoms with E-state index < -0.39 is 12.6 Å². The molecule has 0 bridgehead atoms. The number of ether oxygens (including phenoxy) is 1. The van der Waals surface area contributed by atoms with Crippen molar-refractivity contribution in [2.24, 2.45) is 0 Å². The number of hydrogen-bond donors (Lipinski definition) is 1. The van der Waals surface area contributed by atoms with Crippen molar-refractivity contribution in [3.8, 4) is 0 Å². The van der Waals surface area contributed by atoms with Crippen molar-refractivity contribution >= 4 is 0 Å². The third-order valence-electron chi connectivity index (χ3n) is 3.14. The molecule has 1 saturated carbocycles. The molecule has 1 rings (SSSR count). The van der Waals surface area contributed by atoms with Crippen molar-refractivity contribution in [3.63, 3.8) is 0 Å². The van der Waals surface area contributed by atoms with E-state index in [0.717, 1.165) is 38.6 Å². The second kappa shape index (κ2) is 7.21. The molecule has 0 aromatic heterocycles. The van der Waals surface area contributed by atoms with Gasteiger partial charge in [-0.05, 0) is 19.4 Å². The van der Waals surface area contributed by atoms with Crippen LogP contribution >= 0.6 is 0 Å². The van der Waals surface area contributed by atoms with Crippen molar-refractivity contribution < 1.29 is 17.9 Å². The summed E-state index contributed by atoms with van der Waals surface area (Å²) in [5.41, 5.74) is 0. The largest absolute Gasteiger partial charge is 0.391 e. The summed E-state index contributed by atoms with van der Waals surface area (Å²) >= 11 is 0. The first kappa shape index (κ1) is 14.8. The molecule has 0 aromatic carbocycles. The van der Waals surface area contributed by atoms with Gasteiger partial charge >= 0.3 is 6.18 Å². The first-order valence-electron chi connectivity index (χ1n) is 6.44. The maximum Gasteiger partial charge on any atom is 0.391 e. The van der Waals surface area contributed by atoms with E-state index in [4.69, 9.17) is 4.74 Å². The Balaban J connectivity index is 2.35. The minimum atomic E-state index is -4.11. The average Bonchev–Trinajstić information content (AvgIpc) is 2.43. The standard InChI is InChI=1S/C12H22F3NO/c1-2-16-10-6-4-3-5-7-11(10)17-9-8-12(13,14)15/h10-11,16H,2-9H2,1H3. The molecule has 1 N–H and O–H groups in total. The zero-order valence-corrected chi connectivity index (χ0v) is 10.4. The third kappa shape index (κ3) is 6.27. The molecule has 0 spiro atoms. The summed E-state index contributed by atoms with van der Waals surface area (Å²) in [5.74, 6) is 0. The number of rotatable bonds is 5. The summed E-state index contributed by atoms with van der Waals surface area (Å²) in [7, 11) is 0. The van der Waals surface area contributed by atoms with Gasteiger partial charge in [0.2, 0.25) is 0 Å². The molecule has 2 unspecified atom stereocenters. The highest BCUT2D eigenvalue weighted by Crippen LogP contribution is 2.23. The molecule has 0 aromatic rings. The van der Waals surface area contributed by atoms with Gasteiger partial charge in [0.15, 0.2) is 0 Å². The monoisotopic (exact) mass is 253 g/mol.